The molecule has 0 amide bonds. The molecule has 0 aromatic heterocycles. The van der Waals surface area contributed by atoms with E-state index in [-0.39, 0.29) is 6.61 Å². The van der Waals surface area contributed by atoms with Crippen LogP contribution in [-0.4, -0.2) is 31.0 Å². The van der Waals surface area contributed by atoms with E-state index in [4.69, 9.17) is 21.8 Å². The van der Waals surface area contributed by atoms with Crippen LogP contribution < -0.4 is 5.14 Å². The zero-order valence-electron chi connectivity index (χ0n) is 14.9. The van der Waals surface area contributed by atoms with Gasteiger partial charge in [0.1, 0.15) is 0 Å². The lowest BCUT2D eigenvalue weighted by Gasteiger charge is -2.14. The number of hydrogen-bond acceptors (Lipinski definition) is 5. The van der Waals surface area contributed by atoms with Crippen LogP contribution in [0.3, 0.4) is 0 Å². The third kappa shape index (κ3) is 16.5. The fourth-order valence-electron chi connectivity index (χ4n) is 2.00. The summed E-state index contributed by atoms with van der Waals surface area (Å²) in [7, 11) is -3.80. The molecule has 0 radical (unpaired) electrons. The van der Waals surface area contributed by atoms with E-state index in [0.717, 1.165) is 42.7 Å². The normalized spacial score (nSPS) is 11.8. The lowest BCUT2D eigenvalue weighted by atomic mass is 10.1. The highest BCUT2D eigenvalue weighted by atomic mass is 35.5. The molecule has 0 heterocycles. The summed E-state index contributed by atoms with van der Waals surface area (Å²) in [6, 6.07) is 7.57. The first-order valence-corrected chi connectivity index (χ1v) is 10.3. The summed E-state index contributed by atoms with van der Waals surface area (Å²) in [5.74, 6) is -1.45. The summed E-state index contributed by atoms with van der Waals surface area (Å²) < 4.78 is 25.3. The van der Waals surface area contributed by atoms with Gasteiger partial charge in [0, 0.05) is 11.4 Å². The molecule has 6 nitrogen and oxygen atoms in total. The molecule has 1 aromatic rings. The molecule has 146 valence electrons. The molecule has 25 heavy (non-hydrogen) atoms. The van der Waals surface area contributed by atoms with Crippen LogP contribution in [0, 0.1) is 0 Å². The van der Waals surface area contributed by atoms with Crippen LogP contribution >= 0.6 is 11.6 Å². The first kappa shape index (κ1) is 24.3. The molecule has 0 aliphatic carbocycles. The molecule has 1 rings (SSSR count). The van der Waals surface area contributed by atoms with Gasteiger partial charge in [0.05, 0.1) is 6.61 Å². The van der Waals surface area contributed by atoms with E-state index in [9.17, 15) is 8.42 Å². The second kappa shape index (κ2) is 12.6. The number of nitrogens with two attached hydrogens (primary N) is 1. The average molecular weight is 396 g/mol. The van der Waals surface area contributed by atoms with Crippen molar-refractivity contribution < 1.29 is 22.8 Å². The number of halogens is 1. The van der Waals surface area contributed by atoms with Crippen LogP contribution in [0.25, 0.3) is 0 Å². The number of aryl methyl sites for hydroxylation is 1. The molecule has 0 fully saturated rings. The van der Waals surface area contributed by atoms with Gasteiger partial charge in [-0.3, -0.25) is 4.18 Å². The largest absolute Gasteiger partial charge is 0.366 e. The van der Waals surface area contributed by atoms with Crippen molar-refractivity contribution in [1.29, 1.82) is 0 Å². The van der Waals surface area contributed by atoms with E-state index in [0.29, 0.717) is 12.8 Å². The monoisotopic (exact) mass is 395 g/mol. The minimum Gasteiger partial charge on any atom is -0.366 e. The second-order valence-corrected chi connectivity index (χ2v) is 7.67. The zero-order valence-corrected chi connectivity index (χ0v) is 16.5. The van der Waals surface area contributed by atoms with Crippen LogP contribution in [0.15, 0.2) is 24.3 Å². The summed E-state index contributed by atoms with van der Waals surface area (Å²) in [5, 5.41) is 23.0. The molecule has 0 spiro atoms. The summed E-state index contributed by atoms with van der Waals surface area (Å²) in [4.78, 5) is 0. The first-order chi connectivity index (χ1) is 11.5. The lowest BCUT2D eigenvalue weighted by molar-refractivity contribution is -0.150. The predicted octanol–water partition coefficient (Wildman–Crippen LogP) is 3.15. The Labute approximate surface area is 156 Å². The van der Waals surface area contributed by atoms with Crippen LogP contribution in [-0.2, 0) is 20.9 Å². The van der Waals surface area contributed by atoms with Gasteiger partial charge in [-0.25, -0.2) is 5.14 Å². The third-order valence-electron chi connectivity index (χ3n) is 3.30. The van der Waals surface area contributed by atoms with Gasteiger partial charge in [0.15, 0.2) is 5.79 Å². The number of hydrogen-bond donors (Lipinski definition) is 3. The second-order valence-electron chi connectivity index (χ2n) is 6.04. The van der Waals surface area contributed by atoms with Crippen LogP contribution in [0.5, 0.6) is 0 Å². The van der Waals surface area contributed by atoms with E-state index in [1.165, 1.54) is 6.92 Å². The van der Waals surface area contributed by atoms with Crippen LogP contribution in [0.4, 0.5) is 0 Å². The fourth-order valence-corrected chi connectivity index (χ4v) is 2.58. The molecular weight excluding hydrogens is 366 g/mol. The van der Waals surface area contributed by atoms with E-state index < -0.39 is 16.1 Å². The fraction of sp³-hybridized carbons (Fsp3) is 0.647. The molecule has 4 N–H and O–H groups in total. The van der Waals surface area contributed by atoms with Gasteiger partial charge in [-0.15, -0.1) is 0 Å². The zero-order chi connectivity index (χ0) is 19.3. The van der Waals surface area contributed by atoms with Crippen molar-refractivity contribution in [2.45, 2.75) is 64.6 Å². The number of unbranched alkanes of at least 4 members (excludes halogenated alkanes) is 3. The average Bonchev–Trinajstić information content (AvgIpc) is 2.47. The van der Waals surface area contributed by atoms with E-state index >= 15 is 0 Å². The quantitative estimate of drug-likeness (QED) is 0.416. The van der Waals surface area contributed by atoms with E-state index in [1.807, 2.05) is 24.3 Å². The molecule has 0 saturated heterocycles. The SMILES string of the molecule is CCCCCC(C)(O)O.NS(=O)(=O)OCCCCc1ccccc1Cl. The lowest BCUT2D eigenvalue weighted by Crippen LogP contribution is -2.22. The molecule has 0 atom stereocenters. The maximum absolute atomic E-state index is 10.5. The Morgan fingerprint density at radius 2 is 1.80 bits per heavy atom. The summed E-state index contributed by atoms with van der Waals surface area (Å²) in [6.07, 6.45) is 5.82. The van der Waals surface area contributed by atoms with Crippen molar-refractivity contribution in [3.63, 3.8) is 0 Å². The topological polar surface area (TPSA) is 110 Å². The van der Waals surface area contributed by atoms with Gasteiger partial charge < -0.3 is 10.2 Å². The molecule has 1 aromatic carbocycles. The highest BCUT2D eigenvalue weighted by molar-refractivity contribution is 7.84. The Morgan fingerprint density at radius 3 is 2.32 bits per heavy atom. The Morgan fingerprint density at radius 1 is 1.16 bits per heavy atom. The molecule has 8 heteroatoms. The van der Waals surface area contributed by atoms with Crippen molar-refractivity contribution in [3.05, 3.63) is 34.9 Å². The summed E-state index contributed by atoms with van der Waals surface area (Å²) in [5.41, 5.74) is 1.06. The molecule has 0 bridgehead atoms. The third-order valence-corrected chi connectivity index (χ3v) is 4.16. The van der Waals surface area contributed by atoms with Crippen molar-refractivity contribution in [3.8, 4) is 0 Å². The molecule has 0 unspecified atom stereocenters. The van der Waals surface area contributed by atoms with Crippen molar-refractivity contribution >= 4 is 21.9 Å². The van der Waals surface area contributed by atoms with E-state index in [2.05, 4.69) is 16.2 Å². The first-order valence-electron chi connectivity index (χ1n) is 8.40. The standard InChI is InChI=1S/C10H14ClNO3S.C7H16O2/c11-10-7-2-1-5-9(10)6-3-4-8-15-16(12,13)14;1-3-4-5-6-7(2,8)9/h1-2,5,7H,3-4,6,8H2,(H2,12,13,14);8-9H,3-6H2,1-2H3. The van der Waals surface area contributed by atoms with Gasteiger partial charge in [-0.1, -0.05) is 49.6 Å². The number of benzene rings is 1. The Bertz CT molecular complexity index is 573. The van der Waals surface area contributed by atoms with E-state index in [1.54, 1.807) is 0 Å². The minimum absolute atomic E-state index is 0.114. The van der Waals surface area contributed by atoms with Gasteiger partial charge >= 0.3 is 10.3 Å². The maximum Gasteiger partial charge on any atom is 0.333 e. The molecule has 0 aliphatic rings. The highest BCUT2D eigenvalue weighted by Gasteiger charge is 2.12. The Balaban J connectivity index is 0.000000547. The molecule has 0 saturated carbocycles. The van der Waals surface area contributed by atoms with Gasteiger partial charge in [-0.2, -0.15) is 8.42 Å². The Kier molecular flexibility index (Phi) is 12.3. The predicted molar refractivity (Wildman–Crippen MR) is 100 cm³/mol. The summed E-state index contributed by atoms with van der Waals surface area (Å²) in [6.45, 7) is 3.62. The van der Waals surface area contributed by atoms with Crippen LogP contribution in [0.1, 0.15) is 57.9 Å². The summed E-state index contributed by atoms with van der Waals surface area (Å²) >= 11 is 5.96. The number of aliphatic hydroxyl groups is 2. The van der Waals surface area contributed by atoms with Crippen molar-refractivity contribution in [2.75, 3.05) is 6.61 Å². The molecular formula is C17H30ClNO5S. The van der Waals surface area contributed by atoms with Gasteiger partial charge in [-0.05, 0) is 44.2 Å². The Hall–Kier alpha value is -0.700. The number of rotatable bonds is 10. The molecule has 0 aliphatic heterocycles. The van der Waals surface area contributed by atoms with Crippen molar-refractivity contribution in [1.82, 2.24) is 0 Å². The smallest absolute Gasteiger partial charge is 0.333 e. The highest BCUT2D eigenvalue weighted by Crippen LogP contribution is 2.17. The minimum atomic E-state index is -3.80. The maximum atomic E-state index is 10.5. The van der Waals surface area contributed by atoms with Crippen molar-refractivity contribution in [2.24, 2.45) is 5.14 Å². The van der Waals surface area contributed by atoms with Gasteiger partial charge in [0.2, 0.25) is 0 Å². The van der Waals surface area contributed by atoms with Crippen LogP contribution in [0.2, 0.25) is 5.02 Å². The van der Waals surface area contributed by atoms with Gasteiger partial charge in [0.25, 0.3) is 0 Å².